The average Bonchev–Trinajstić information content (AvgIpc) is 3.87. The van der Waals surface area contributed by atoms with E-state index in [1.807, 2.05) is 6.07 Å². The molecular formula is C54H74Cl4N5O2Zn3-5. The van der Waals surface area contributed by atoms with Crippen LogP contribution < -0.4 is 0 Å². The van der Waals surface area contributed by atoms with E-state index in [0.717, 1.165) is 94.8 Å². The maximum Gasteiger partial charge on any atom is 0 e. The summed E-state index contributed by atoms with van der Waals surface area (Å²) in [5.41, 5.74) is 11.5. The first-order valence-corrected chi connectivity index (χ1v) is 41.7. The second kappa shape index (κ2) is 31.7. The van der Waals surface area contributed by atoms with Crippen LogP contribution in [-0.4, -0.2) is 63.9 Å². The Kier molecular flexibility index (Phi) is 27.5. The number of Topliss-reactive ketones (excluding diaryl/α,β-unsaturated/α-hetero) is 2. The minimum Gasteiger partial charge on any atom is -0.693 e. The van der Waals surface area contributed by atoms with Crippen LogP contribution in [0.4, 0.5) is 0 Å². The first-order valence-electron chi connectivity index (χ1n) is 26.1. The number of allylic oxidation sites excluding steroid dienone is 4. The van der Waals surface area contributed by atoms with E-state index in [4.69, 9.17) is 60.0 Å². The van der Waals surface area contributed by atoms with Crippen LogP contribution >= 0.6 is 38.8 Å². The second-order valence-electron chi connectivity index (χ2n) is 20.0. The molecule has 10 rings (SSSR count). The van der Waals surface area contributed by atoms with Crippen molar-refractivity contribution in [1.82, 2.24) is 0 Å². The SMILES string of the molecule is O=C1C(C2CCCCC2)=C(C2CCC[N-]C2)C(C2CCC[N-]C2)=C1C1CCCCC1.O=C1C(c2ccccc2)=C(C2C=CC[N-]C2)C(C2CCC[N-]C2)=C1C1CCCCC1.[Cl][Zn][Cl].[Cl][Zn][Cl].[NH2-].[Zn]. The number of halogens is 4. The molecule has 0 bridgehead atoms. The van der Waals surface area contributed by atoms with Gasteiger partial charge >= 0.3 is 69.1 Å². The summed E-state index contributed by atoms with van der Waals surface area (Å²) >= 11 is -1.86. The van der Waals surface area contributed by atoms with Gasteiger partial charge in [0.15, 0.2) is 11.6 Å². The molecule has 4 atom stereocenters. The predicted molar refractivity (Wildman–Crippen MR) is 276 cm³/mol. The smallest absolute Gasteiger partial charge is 0 e. The zero-order chi connectivity index (χ0) is 46.1. The third-order valence-corrected chi connectivity index (χ3v) is 16.0. The monoisotopic (exact) mass is 1160 g/mol. The third-order valence-electron chi connectivity index (χ3n) is 16.0. The van der Waals surface area contributed by atoms with Gasteiger partial charge in [-0.15, -0.1) is 58.4 Å². The van der Waals surface area contributed by atoms with Crippen molar-refractivity contribution in [2.75, 3.05) is 52.4 Å². The summed E-state index contributed by atoms with van der Waals surface area (Å²) < 4.78 is 0. The summed E-state index contributed by atoms with van der Waals surface area (Å²) in [6, 6.07) is 10.4. The van der Waals surface area contributed by atoms with E-state index >= 15 is 0 Å². The fourth-order valence-electron chi connectivity index (χ4n) is 13.2. The van der Waals surface area contributed by atoms with Crippen molar-refractivity contribution < 1.29 is 59.4 Å². The molecule has 0 spiro atoms. The molecule has 4 aliphatic heterocycles. The number of nitrogens with two attached hydrogens (primary N) is 1. The normalized spacial score (nSPS) is 27.4. The summed E-state index contributed by atoms with van der Waals surface area (Å²) in [5.74, 6) is 3.86. The Labute approximate surface area is 454 Å². The number of carbonyl (C=O) groups excluding carboxylic acids is 2. The molecule has 2 N–H and O–H groups in total. The Bertz CT molecular complexity index is 1830. The minimum absolute atomic E-state index is 0. The fourth-order valence-corrected chi connectivity index (χ4v) is 13.2. The van der Waals surface area contributed by atoms with Crippen LogP contribution in [0.5, 0.6) is 0 Å². The Balaban J connectivity index is 0.000000222. The standard InChI is InChI=1S/C27H40N2O.C27H32N2O.4ClH.H2N.3Zn/c2*30-27-25(19-9-3-1-4-10-19)23(21-13-7-15-28-17-21)24(22-14-8-16-29-18-22)26(27)20-11-5-2-6-12-20;;;;;;;;/h19-22H,1-18H2;1,3-4,7,9-10,13,20-22H,2,5-6,8,11-12,14-18H2;4*1H;1H2;;;/q2*-2;;;;;-1;;2*+2/p-4. The molecule has 14 heteroatoms. The molecule has 1 aromatic carbocycles. The number of hydrogen-bond acceptors (Lipinski definition) is 2. The second-order valence-corrected chi connectivity index (χ2v) is 29.3. The molecular weight excluding hydrogens is 1090 g/mol. The van der Waals surface area contributed by atoms with Crippen molar-refractivity contribution in [3.05, 3.63) is 114 Å². The number of hydrogen-bond donors (Lipinski definition) is 0. The molecule has 0 amide bonds. The van der Waals surface area contributed by atoms with Crippen LogP contribution in [0, 0.1) is 41.4 Å². The molecule has 7 nitrogen and oxygen atoms in total. The average molecular weight is 1160 g/mol. The predicted octanol–water partition coefficient (Wildman–Crippen LogP) is 16.6. The van der Waals surface area contributed by atoms with Gasteiger partial charge in [-0.05, 0) is 127 Å². The van der Waals surface area contributed by atoms with Crippen LogP contribution in [-0.2, 0) is 59.4 Å². The number of ketones is 2. The van der Waals surface area contributed by atoms with E-state index in [1.54, 1.807) is 0 Å². The van der Waals surface area contributed by atoms with Gasteiger partial charge in [0.2, 0.25) is 0 Å². The molecule has 0 radical (unpaired) electrons. The zero-order valence-corrected chi connectivity index (χ0v) is 52.8. The molecule has 3 saturated carbocycles. The van der Waals surface area contributed by atoms with Crippen molar-refractivity contribution in [3.63, 3.8) is 0 Å². The van der Waals surface area contributed by atoms with E-state index in [0.29, 0.717) is 47.1 Å². The van der Waals surface area contributed by atoms with Gasteiger partial charge in [-0.2, -0.15) is 0 Å². The number of nitrogens with zero attached hydrogens (tertiary/aromatic N) is 4. The van der Waals surface area contributed by atoms with E-state index in [9.17, 15) is 9.59 Å². The summed E-state index contributed by atoms with van der Waals surface area (Å²) in [4.78, 5) is 28.3. The van der Waals surface area contributed by atoms with Crippen molar-refractivity contribution in [2.45, 2.75) is 135 Å². The van der Waals surface area contributed by atoms with Gasteiger partial charge < -0.3 is 27.4 Å². The molecule has 366 valence electrons. The van der Waals surface area contributed by atoms with Crippen molar-refractivity contribution in [2.24, 2.45) is 41.4 Å². The van der Waals surface area contributed by atoms with Crippen molar-refractivity contribution >= 4 is 55.9 Å². The molecule has 0 aromatic heterocycles. The van der Waals surface area contributed by atoms with Gasteiger partial charge in [0, 0.05) is 41.8 Å². The first-order chi connectivity index (χ1) is 32.5. The van der Waals surface area contributed by atoms with Crippen molar-refractivity contribution in [1.29, 1.82) is 0 Å². The number of carbonyl (C=O) groups is 2. The molecule has 5 aliphatic carbocycles. The summed E-state index contributed by atoms with van der Waals surface area (Å²) in [7, 11) is 19.8. The van der Waals surface area contributed by atoms with E-state index in [2.05, 4.69) is 36.4 Å². The van der Waals surface area contributed by atoms with Crippen LogP contribution in [0.15, 0.2) is 81.5 Å². The summed E-state index contributed by atoms with van der Waals surface area (Å²) in [5, 5.41) is 19.1. The quantitative estimate of drug-likeness (QED) is 0.190. The number of rotatable bonds is 8. The Morgan fingerprint density at radius 2 is 0.794 bits per heavy atom. The zero-order valence-electron chi connectivity index (χ0n) is 40.9. The third kappa shape index (κ3) is 15.1. The topological polar surface area (TPSA) is 124 Å². The number of benzene rings is 1. The summed E-state index contributed by atoms with van der Waals surface area (Å²) in [6.45, 7) is 7.37. The largest absolute Gasteiger partial charge is 0.693 e. The van der Waals surface area contributed by atoms with Gasteiger partial charge in [-0.1, -0.05) is 113 Å². The van der Waals surface area contributed by atoms with Crippen LogP contribution in [0.3, 0.4) is 0 Å². The van der Waals surface area contributed by atoms with Gasteiger partial charge in [-0.3, -0.25) is 9.59 Å². The molecule has 1 aromatic rings. The maximum atomic E-state index is 14.2. The van der Waals surface area contributed by atoms with E-state index in [-0.39, 0.29) is 31.5 Å². The molecule has 4 heterocycles. The van der Waals surface area contributed by atoms with Gasteiger partial charge in [0.1, 0.15) is 0 Å². The maximum absolute atomic E-state index is 14.2. The molecule has 9 aliphatic rings. The van der Waals surface area contributed by atoms with Gasteiger partial charge in [0.25, 0.3) is 0 Å². The summed E-state index contributed by atoms with van der Waals surface area (Å²) in [6.07, 6.45) is 30.6. The molecule has 68 heavy (non-hydrogen) atoms. The number of piperidine rings is 3. The Hall–Kier alpha value is 0.0901. The van der Waals surface area contributed by atoms with Crippen LogP contribution in [0.2, 0.25) is 0 Å². The molecule has 3 saturated heterocycles. The molecule has 4 unspecified atom stereocenters. The first kappa shape index (κ1) is 59.0. The van der Waals surface area contributed by atoms with E-state index in [1.165, 1.54) is 143 Å². The van der Waals surface area contributed by atoms with Crippen LogP contribution in [0.1, 0.15) is 140 Å². The fraction of sp³-hybridized carbons (Fsp3) is 0.667. The van der Waals surface area contributed by atoms with Gasteiger partial charge in [-0.25, -0.2) is 0 Å². The Morgan fingerprint density at radius 1 is 0.426 bits per heavy atom. The Morgan fingerprint density at radius 3 is 1.15 bits per heavy atom. The minimum atomic E-state index is -0.931. The van der Waals surface area contributed by atoms with Crippen LogP contribution in [0.25, 0.3) is 33.0 Å². The van der Waals surface area contributed by atoms with E-state index < -0.39 is 30.3 Å². The van der Waals surface area contributed by atoms with Crippen molar-refractivity contribution in [3.8, 4) is 0 Å². The molecule has 6 fully saturated rings. The van der Waals surface area contributed by atoms with Gasteiger partial charge in [0.05, 0.1) is 0 Å².